The van der Waals surface area contributed by atoms with E-state index >= 15 is 0 Å². The van der Waals surface area contributed by atoms with Gasteiger partial charge in [0.2, 0.25) is 0 Å². The number of unbranched alkanes of at least 4 members (excludes halogenated alkanes) is 2. The highest BCUT2D eigenvalue weighted by atomic mass is 19.4. The van der Waals surface area contributed by atoms with Crippen molar-refractivity contribution in [2.24, 2.45) is 4.99 Å². The van der Waals surface area contributed by atoms with Crippen LogP contribution in [0.1, 0.15) is 37.3 Å². The zero-order valence-corrected chi connectivity index (χ0v) is 17.6. The summed E-state index contributed by atoms with van der Waals surface area (Å²) in [6.45, 7) is 6.12. The van der Waals surface area contributed by atoms with Gasteiger partial charge >= 0.3 is 6.18 Å². The first kappa shape index (κ1) is 24.0. The predicted octanol–water partition coefficient (Wildman–Crippen LogP) is 4.94. The highest BCUT2D eigenvalue weighted by Crippen LogP contribution is 2.31. The molecule has 0 aromatic heterocycles. The van der Waals surface area contributed by atoms with E-state index in [-0.39, 0.29) is 23.8 Å². The van der Waals surface area contributed by atoms with E-state index in [1.54, 1.807) is 6.08 Å². The summed E-state index contributed by atoms with van der Waals surface area (Å²) in [6.07, 6.45) is 1.58. The van der Waals surface area contributed by atoms with Crippen LogP contribution in [0.25, 0.3) is 0 Å². The number of nitrogen functional groups attached to an aromatic ring is 1. The van der Waals surface area contributed by atoms with Crippen molar-refractivity contribution in [1.82, 2.24) is 5.32 Å². The molecule has 0 bridgehead atoms. The van der Waals surface area contributed by atoms with E-state index in [0.717, 1.165) is 31.4 Å². The van der Waals surface area contributed by atoms with Crippen molar-refractivity contribution in [3.05, 3.63) is 64.4 Å². The summed E-state index contributed by atoms with van der Waals surface area (Å²) < 4.78 is 50.2. The molecule has 0 saturated heterocycles. The molecule has 168 valence electrons. The van der Waals surface area contributed by atoms with Crippen molar-refractivity contribution < 1.29 is 22.6 Å². The van der Waals surface area contributed by atoms with Gasteiger partial charge in [0.25, 0.3) is 0 Å². The Kier molecular flexibility index (Phi) is 8.30. The molecule has 0 spiro atoms. The maximum absolute atomic E-state index is 13.0. The molecule has 1 aliphatic rings. The van der Waals surface area contributed by atoms with Gasteiger partial charge in [0.15, 0.2) is 11.5 Å². The lowest BCUT2D eigenvalue weighted by Crippen LogP contribution is -2.19. The Labute approximate surface area is 179 Å². The first-order valence-electron chi connectivity index (χ1n) is 9.80. The average molecular weight is 436 g/mol. The minimum atomic E-state index is -4.50. The van der Waals surface area contributed by atoms with E-state index in [1.807, 2.05) is 0 Å². The lowest BCUT2D eigenvalue weighted by atomic mass is 10.0. The molecule has 9 heteroatoms. The lowest BCUT2D eigenvalue weighted by molar-refractivity contribution is -0.137. The Morgan fingerprint density at radius 1 is 1.19 bits per heavy atom. The highest BCUT2D eigenvalue weighted by molar-refractivity contribution is 6.10. The highest BCUT2D eigenvalue weighted by Gasteiger charge is 2.31. The SMILES string of the molecule is C=N/C(NCc1cc(N)cc(C(F)(F)F)c1)=C1/C=C(OCCCCC)C(OC)=CC1=N. The van der Waals surface area contributed by atoms with E-state index in [2.05, 4.69) is 24.0 Å². The number of anilines is 1. The first-order valence-corrected chi connectivity index (χ1v) is 9.80. The molecule has 1 aliphatic carbocycles. The van der Waals surface area contributed by atoms with Crippen molar-refractivity contribution in [2.45, 2.75) is 38.9 Å². The first-order chi connectivity index (χ1) is 14.7. The van der Waals surface area contributed by atoms with Crippen LogP contribution in [0, 0.1) is 5.41 Å². The molecule has 1 aromatic rings. The Bertz CT molecular complexity index is 918. The van der Waals surface area contributed by atoms with Crippen molar-refractivity contribution in [1.29, 1.82) is 5.41 Å². The van der Waals surface area contributed by atoms with Gasteiger partial charge in [-0.15, -0.1) is 0 Å². The van der Waals surface area contributed by atoms with Gasteiger partial charge in [0.05, 0.1) is 25.0 Å². The second-order valence-corrected chi connectivity index (χ2v) is 6.93. The summed E-state index contributed by atoms with van der Waals surface area (Å²) in [5, 5.41) is 11.2. The third-order valence-electron chi connectivity index (χ3n) is 4.52. The average Bonchev–Trinajstić information content (AvgIpc) is 2.72. The Morgan fingerprint density at radius 2 is 1.94 bits per heavy atom. The fourth-order valence-electron chi connectivity index (χ4n) is 2.97. The van der Waals surface area contributed by atoms with Crippen LogP contribution in [0.5, 0.6) is 0 Å². The normalized spacial score (nSPS) is 15.7. The number of halogens is 3. The second-order valence-electron chi connectivity index (χ2n) is 6.93. The van der Waals surface area contributed by atoms with E-state index in [4.69, 9.17) is 20.6 Å². The zero-order valence-electron chi connectivity index (χ0n) is 17.6. The number of nitrogens with two attached hydrogens (primary N) is 1. The number of ether oxygens (including phenoxy) is 2. The molecule has 0 aliphatic heterocycles. The van der Waals surface area contributed by atoms with Crippen LogP contribution in [0.3, 0.4) is 0 Å². The maximum Gasteiger partial charge on any atom is 0.416 e. The number of hydrogen-bond donors (Lipinski definition) is 3. The summed E-state index contributed by atoms with van der Waals surface area (Å²) in [4.78, 5) is 3.92. The van der Waals surface area contributed by atoms with Crippen LogP contribution in [0.4, 0.5) is 18.9 Å². The Hall–Kier alpha value is -3.23. The largest absolute Gasteiger partial charge is 0.493 e. The molecule has 0 saturated carbocycles. The molecule has 4 N–H and O–H groups in total. The van der Waals surface area contributed by atoms with Crippen molar-refractivity contribution in [3.8, 4) is 0 Å². The number of nitrogens with one attached hydrogen (secondary N) is 2. The third-order valence-corrected chi connectivity index (χ3v) is 4.52. The van der Waals surface area contributed by atoms with Gasteiger partial charge in [0.1, 0.15) is 5.82 Å². The smallest absolute Gasteiger partial charge is 0.416 e. The van der Waals surface area contributed by atoms with Gasteiger partial charge in [0, 0.05) is 23.9 Å². The van der Waals surface area contributed by atoms with Crippen LogP contribution in [-0.4, -0.2) is 26.1 Å². The van der Waals surface area contributed by atoms with Gasteiger partial charge < -0.3 is 20.5 Å². The quantitative estimate of drug-likeness (QED) is 0.275. The molecular formula is C22H27F3N4O2. The predicted molar refractivity (Wildman–Crippen MR) is 116 cm³/mol. The number of methoxy groups -OCH3 is 1. The molecule has 0 heterocycles. The van der Waals surface area contributed by atoms with Crippen molar-refractivity contribution >= 4 is 18.1 Å². The molecule has 0 fully saturated rings. The van der Waals surface area contributed by atoms with Crippen LogP contribution in [-0.2, 0) is 22.2 Å². The molecule has 0 radical (unpaired) electrons. The van der Waals surface area contributed by atoms with Crippen molar-refractivity contribution in [3.63, 3.8) is 0 Å². The molecule has 0 amide bonds. The molecular weight excluding hydrogens is 409 g/mol. The molecule has 2 rings (SSSR count). The molecule has 6 nitrogen and oxygen atoms in total. The summed E-state index contributed by atoms with van der Waals surface area (Å²) >= 11 is 0. The minimum Gasteiger partial charge on any atom is -0.493 e. The van der Waals surface area contributed by atoms with E-state index in [1.165, 1.54) is 19.3 Å². The Balaban J connectivity index is 2.26. The maximum atomic E-state index is 13.0. The van der Waals surface area contributed by atoms with Crippen molar-refractivity contribution in [2.75, 3.05) is 19.5 Å². The summed E-state index contributed by atoms with van der Waals surface area (Å²) in [7, 11) is 1.49. The number of alkyl halides is 3. The molecule has 0 atom stereocenters. The van der Waals surface area contributed by atoms with Crippen LogP contribution < -0.4 is 11.1 Å². The molecule has 1 aromatic carbocycles. The number of hydrogen-bond acceptors (Lipinski definition) is 6. The van der Waals surface area contributed by atoms with Gasteiger partial charge in [-0.05, 0) is 43.0 Å². The fourth-order valence-corrected chi connectivity index (χ4v) is 2.97. The third kappa shape index (κ3) is 6.63. The zero-order chi connectivity index (χ0) is 23.0. The second kappa shape index (κ2) is 10.7. The van der Waals surface area contributed by atoms with Crippen LogP contribution in [0.15, 0.2) is 58.3 Å². The fraction of sp³-hybridized carbons (Fsp3) is 0.364. The standard InChI is InChI=1S/C22H27F3N4O2/c1-4-5-6-7-31-20-11-17(18(27)12-19(20)30-3)21(28-2)29-13-14-8-15(22(23,24)25)10-16(26)9-14/h8-12,27,29H,2,4-7,13,26H2,1,3H3/b21-17+,27-18?. The van der Waals surface area contributed by atoms with E-state index in [0.29, 0.717) is 29.3 Å². The molecule has 31 heavy (non-hydrogen) atoms. The van der Waals surface area contributed by atoms with Gasteiger partial charge in [-0.1, -0.05) is 19.8 Å². The molecule has 0 unspecified atom stereocenters. The monoisotopic (exact) mass is 436 g/mol. The van der Waals surface area contributed by atoms with Crippen LogP contribution >= 0.6 is 0 Å². The summed E-state index contributed by atoms with van der Waals surface area (Å²) in [5.74, 6) is 1.11. The number of aliphatic imine (C=N–C) groups is 1. The Morgan fingerprint density at radius 3 is 2.55 bits per heavy atom. The van der Waals surface area contributed by atoms with Gasteiger partial charge in [-0.25, -0.2) is 4.99 Å². The number of nitrogens with zero attached hydrogens (tertiary/aromatic N) is 1. The minimum absolute atomic E-state index is 0.00753. The van der Waals surface area contributed by atoms with E-state index < -0.39 is 11.7 Å². The topological polar surface area (TPSA) is 92.7 Å². The summed E-state index contributed by atoms with van der Waals surface area (Å²) in [6, 6.07) is 3.34. The lowest BCUT2D eigenvalue weighted by Gasteiger charge is -2.20. The van der Waals surface area contributed by atoms with Gasteiger partial charge in [-0.2, -0.15) is 13.2 Å². The number of benzene rings is 1. The number of rotatable bonds is 10. The van der Waals surface area contributed by atoms with Crippen LogP contribution in [0.2, 0.25) is 0 Å². The van der Waals surface area contributed by atoms with Gasteiger partial charge in [-0.3, -0.25) is 5.41 Å². The van der Waals surface area contributed by atoms with E-state index in [9.17, 15) is 13.2 Å². The summed E-state index contributed by atoms with van der Waals surface area (Å²) in [5.41, 5.74) is 5.62. The number of allylic oxidation sites excluding steroid dienone is 3.